The molecule has 0 atom stereocenters. The van der Waals surface area contributed by atoms with Crippen LogP contribution in [0.1, 0.15) is 38.5 Å². The lowest BCUT2D eigenvalue weighted by atomic mass is 9.52. The Hall–Kier alpha value is -0.860. The first-order valence-electron chi connectivity index (χ1n) is 9.94. The lowest BCUT2D eigenvalue weighted by Gasteiger charge is -2.59. The maximum absolute atomic E-state index is 12.6. The quantitative estimate of drug-likeness (QED) is 0.743. The number of hydrogen-bond acceptors (Lipinski definition) is 6. The monoisotopic (exact) mass is 394 g/mol. The number of nitrogen functional groups attached to an aromatic ring is 1. The third kappa shape index (κ3) is 3.14. The molecule has 26 heavy (non-hydrogen) atoms. The summed E-state index contributed by atoms with van der Waals surface area (Å²) in [6.07, 6.45) is 8.88. The highest BCUT2D eigenvalue weighted by Crippen LogP contribution is 2.54. The number of anilines is 1. The van der Waals surface area contributed by atoms with Crippen LogP contribution >= 0.6 is 23.1 Å². The zero-order chi connectivity index (χ0) is 17.7. The van der Waals surface area contributed by atoms with E-state index in [1.54, 1.807) is 0 Å². The van der Waals surface area contributed by atoms with Crippen LogP contribution in [0.15, 0.2) is 4.34 Å². The molecule has 5 fully saturated rings. The second kappa shape index (κ2) is 6.63. The van der Waals surface area contributed by atoms with Crippen molar-refractivity contribution in [3.05, 3.63) is 0 Å². The SMILES string of the molecule is Nc1nnc(SCC(=O)N2CC[NH+](C34CC5CC(CC(C5)C3)C4)CC2)s1. The molecule has 6 nitrogen and oxygen atoms in total. The topological polar surface area (TPSA) is 76.5 Å². The molecule has 1 aliphatic heterocycles. The van der Waals surface area contributed by atoms with Gasteiger partial charge in [-0.15, -0.1) is 10.2 Å². The predicted octanol–water partition coefficient (Wildman–Crippen LogP) is 0.908. The zero-order valence-corrected chi connectivity index (χ0v) is 16.8. The summed E-state index contributed by atoms with van der Waals surface area (Å²) in [5.74, 6) is 3.69. The zero-order valence-electron chi connectivity index (χ0n) is 15.2. The van der Waals surface area contributed by atoms with Gasteiger partial charge in [-0.2, -0.15) is 0 Å². The van der Waals surface area contributed by atoms with Gasteiger partial charge in [-0.05, 0) is 37.0 Å². The molecule has 8 heteroatoms. The van der Waals surface area contributed by atoms with E-state index in [2.05, 4.69) is 15.1 Å². The lowest BCUT2D eigenvalue weighted by molar-refractivity contribution is -0.962. The molecule has 0 unspecified atom stereocenters. The molecule has 5 aliphatic rings. The van der Waals surface area contributed by atoms with Crippen LogP contribution in [-0.2, 0) is 4.79 Å². The van der Waals surface area contributed by atoms with Crippen LogP contribution in [0.4, 0.5) is 5.13 Å². The van der Waals surface area contributed by atoms with E-state index in [0.717, 1.165) is 48.3 Å². The number of amides is 1. The number of carbonyl (C=O) groups is 1. The van der Waals surface area contributed by atoms with Gasteiger partial charge in [0, 0.05) is 19.3 Å². The third-order valence-electron chi connectivity index (χ3n) is 7.25. The number of aromatic nitrogens is 2. The number of piperazine rings is 1. The average Bonchev–Trinajstić information content (AvgIpc) is 3.04. The summed E-state index contributed by atoms with van der Waals surface area (Å²) in [7, 11) is 0. The summed E-state index contributed by atoms with van der Waals surface area (Å²) in [4.78, 5) is 16.4. The van der Waals surface area contributed by atoms with E-state index in [0.29, 0.717) is 16.4 Å². The van der Waals surface area contributed by atoms with E-state index in [-0.39, 0.29) is 5.91 Å². The van der Waals surface area contributed by atoms with Crippen LogP contribution in [0, 0.1) is 17.8 Å². The molecule has 1 aromatic heterocycles. The molecular formula is C18H28N5OS2+. The first-order chi connectivity index (χ1) is 12.6. The summed E-state index contributed by atoms with van der Waals surface area (Å²) >= 11 is 2.81. The van der Waals surface area contributed by atoms with E-state index in [1.807, 2.05) is 4.90 Å². The number of rotatable bonds is 4. The van der Waals surface area contributed by atoms with Crippen LogP contribution in [0.25, 0.3) is 0 Å². The van der Waals surface area contributed by atoms with E-state index < -0.39 is 0 Å². The number of nitrogens with two attached hydrogens (primary N) is 1. The first kappa shape index (κ1) is 17.3. The molecule has 4 aliphatic carbocycles. The van der Waals surface area contributed by atoms with Crippen molar-refractivity contribution in [2.45, 2.75) is 48.4 Å². The number of thioether (sulfide) groups is 1. The second-order valence-corrected chi connectivity index (χ2v) is 11.1. The molecular weight excluding hydrogens is 366 g/mol. The van der Waals surface area contributed by atoms with Gasteiger partial charge in [0.2, 0.25) is 11.0 Å². The maximum atomic E-state index is 12.6. The summed E-state index contributed by atoms with van der Waals surface area (Å²) in [5, 5.41) is 8.25. The number of nitrogens with zero attached hydrogens (tertiary/aromatic N) is 3. The van der Waals surface area contributed by atoms with Crippen LogP contribution in [0.3, 0.4) is 0 Å². The predicted molar refractivity (Wildman–Crippen MR) is 103 cm³/mol. The van der Waals surface area contributed by atoms with Crippen molar-refractivity contribution >= 4 is 34.1 Å². The summed E-state index contributed by atoms with van der Waals surface area (Å²) in [6, 6.07) is 0. The normalized spacial score (nSPS) is 36.6. The van der Waals surface area contributed by atoms with Crippen molar-refractivity contribution in [1.82, 2.24) is 15.1 Å². The smallest absolute Gasteiger partial charge is 0.233 e. The van der Waals surface area contributed by atoms with Crippen LogP contribution < -0.4 is 10.6 Å². The van der Waals surface area contributed by atoms with Crippen molar-refractivity contribution in [1.29, 1.82) is 0 Å². The van der Waals surface area contributed by atoms with Crippen LogP contribution in [0.5, 0.6) is 0 Å². The van der Waals surface area contributed by atoms with Gasteiger partial charge < -0.3 is 15.5 Å². The van der Waals surface area contributed by atoms with Crippen LogP contribution in [-0.4, -0.2) is 58.5 Å². The molecule has 6 rings (SSSR count). The van der Waals surface area contributed by atoms with E-state index in [4.69, 9.17) is 5.73 Å². The van der Waals surface area contributed by atoms with Crippen molar-refractivity contribution in [3.8, 4) is 0 Å². The van der Waals surface area contributed by atoms with Crippen molar-refractivity contribution in [2.24, 2.45) is 17.8 Å². The number of nitrogens with one attached hydrogen (secondary N) is 1. The molecule has 0 spiro atoms. The molecule has 2 heterocycles. The molecule has 4 saturated carbocycles. The molecule has 1 saturated heterocycles. The van der Waals surface area contributed by atoms with E-state index in [1.165, 1.54) is 61.6 Å². The van der Waals surface area contributed by atoms with Gasteiger partial charge in [-0.3, -0.25) is 4.79 Å². The van der Waals surface area contributed by atoms with Gasteiger partial charge in [0.05, 0.1) is 37.5 Å². The molecule has 4 bridgehead atoms. The fraction of sp³-hybridized carbons (Fsp3) is 0.833. The molecule has 3 N–H and O–H groups in total. The van der Waals surface area contributed by atoms with Gasteiger partial charge in [-0.1, -0.05) is 23.1 Å². The average molecular weight is 395 g/mol. The number of hydrogen-bond donors (Lipinski definition) is 2. The van der Waals surface area contributed by atoms with E-state index >= 15 is 0 Å². The van der Waals surface area contributed by atoms with Gasteiger partial charge in [-0.25, -0.2) is 0 Å². The highest BCUT2D eigenvalue weighted by molar-refractivity contribution is 8.01. The summed E-state index contributed by atoms with van der Waals surface area (Å²) in [5.41, 5.74) is 6.16. The minimum Gasteiger partial charge on any atom is -0.374 e. The lowest BCUT2D eigenvalue weighted by Crippen LogP contribution is -3.23. The van der Waals surface area contributed by atoms with Gasteiger partial charge in [0.25, 0.3) is 0 Å². The van der Waals surface area contributed by atoms with Gasteiger partial charge >= 0.3 is 0 Å². The number of carbonyl (C=O) groups excluding carboxylic acids is 1. The standard InChI is InChI=1S/C18H27N5OS2/c19-16-20-21-17(26-16)25-11-15(24)22-1-3-23(4-2-22)18-8-12-5-13(9-18)7-14(6-12)10-18/h12-14H,1-11H2,(H2,19,20)/p+1. The molecule has 0 aromatic carbocycles. The van der Waals surface area contributed by atoms with Crippen LogP contribution in [0.2, 0.25) is 0 Å². The molecule has 0 radical (unpaired) electrons. The molecule has 1 amide bonds. The van der Waals surface area contributed by atoms with E-state index in [9.17, 15) is 4.79 Å². The molecule has 1 aromatic rings. The van der Waals surface area contributed by atoms with Crippen molar-refractivity contribution in [3.63, 3.8) is 0 Å². The maximum Gasteiger partial charge on any atom is 0.233 e. The Morgan fingerprint density at radius 3 is 2.31 bits per heavy atom. The fourth-order valence-electron chi connectivity index (χ4n) is 6.59. The van der Waals surface area contributed by atoms with Gasteiger partial charge in [0.15, 0.2) is 4.34 Å². The minimum atomic E-state index is 0.230. The first-order valence-corrected chi connectivity index (χ1v) is 11.7. The number of quaternary nitrogens is 1. The largest absolute Gasteiger partial charge is 0.374 e. The Labute approximate surface area is 162 Å². The van der Waals surface area contributed by atoms with Gasteiger partial charge in [0.1, 0.15) is 0 Å². The Balaban J connectivity index is 1.16. The fourth-order valence-corrected chi connectivity index (χ4v) is 8.13. The Kier molecular flexibility index (Phi) is 4.40. The highest BCUT2D eigenvalue weighted by Gasteiger charge is 2.56. The Morgan fingerprint density at radius 1 is 1.15 bits per heavy atom. The summed E-state index contributed by atoms with van der Waals surface area (Å²) < 4.78 is 0.786. The third-order valence-corrected chi connectivity index (χ3v) is 9.12. The van der Waals surface area contributed by atoms with Crippen molar-refractivity contribution < 1.29 is 9.69 Å². The summed E-state index contributed by atoms with van der Waals surface area (Å²) in [6.45, 7) is 4.09. The molecule has 142 valence electrons. The highest BCUT2D eigenvalue weighted by atomic mass is 32.2. The Bertz CT molecular complexity index is 650. The minimum absolute atomic E-state index is 0.230. The van der Waals surface area contributed by atoms with Crippen molar-refractivity contribution in [2.75, 3.05) is 37.7 Å². The second-order valence-electron chi connectivity index (χ2n) is 8.88. The Morgan fingerprint density at radius 2 is 1.77 bits per heavy atom.